The molecule has 0 aliphatic carbocycles. The number of morpholine rings is 1. The van der Waals surface area contributed by atoms with Gasteiger partial charge in [0.05, 0.1) is 24.5 Å². The summed E-state index contributed by atoms with van der Waals surface area (Å²) in [7, 11) is 0. The van der Waals surface area contributed by atoms with Crippen molar-refractivity contribution in [3.63, 3.8) is 0 Å². The molecule has 1 saturated heterocycles. The van der Waals surface area contributed by atoms with Crippen molar-refractivity contribution in [1.29, 1.82) is 0 Å². The Bertz CT molecular complexity index is 654. The molecule has 0 saturated carbocycles. The van der Waals surface area contributed by atoms with Crippen LogP contribution in [-0.2, 0) is 11.2 Å². The molecule has 6 heteroatoms. The van der Waals surface area contributed by atoms with E-state index < -0.39 is 0 Å². The smallest absolute Gasteiger partial charge is 0.257 e. The number of nitrogens with one attached hydrogen (secondary N) is 1. The Morgan fingerprint density at radius 3 is 2.91 bits per heavy atom. The summed E-state index contributed by atoms with van der Waals surface area (Å²) in [5, 5.41) is 6.67. The van der Waals surface area contributed by atoms with Gasteiger partial charge in [0.2, 0.25) is 0 Å². The Hall–Kier alpha value is -2.21. The van der Waals surface area contributed by atoms with Crippen LogP contribution in [0.3, 0.4) is 0 Å². The summed E-state index contributed by atoms with van der Waals surface area (Å²) in [6.45, 7) is 3.44. The molecular weight excluding hydrogens is 285 g/mol. The summed E-state index contributed by atoms with van der Waals surface area (Å²) >= 11 is 0. The van der Waals surface area contributed by atoms with Crippen LogP contribution in [0.4, 0.5) is 4.39 Å². The van der Waals surface area contributed by atoms with Crippen molar-refractivity contribution in [2.75, 3.05) is 19.7 Å². The molecule has 1 aliphatic heterocycles. The van der Waals surface area contributed by atoms with E-state index in [4.69, 9.17) is 4.74 Å². The molecule has 22 heavy (non-hydrogen) atoms. The van der Waals surface area contributed by atoms with E-state index in [1.54, 1.807) is 23.2 Å². The Labute approximate surface area is 128 Å². The fraction of sp³-hybridized carbons (Fsp3) is 0.375. The number of halogens is 1. The lowest BCUT2D eigenvalue weighted by Gasteiger charge is -2.33. The van der Waals surface area contributed by atoms with Crippen molar-refractivity contribution in [3.8, 4) is 0 Å². The lowest BCUT2D eigenvalue weighted by Crippen LogP contribution is -2.46. The molecule has 2 heterocycles. The number of aromatic nitrogens is 2. The van der Waals surface area contributed by atoms with Crippen molar-refractivity contribution < 1.29 is 13.9 Å². The minimum Gasteiger partial charge on any atom is -0.374 e. The van der Waals surface area contributed by atoms with E-state index in [1.807, 2.05) is 6.92 Å². The van der Waals surface area contributed by atoms with Crippen LogP contribution in [0.25, 0.3) is 0 Å². The molecule has 5 nitrogen and oxygen atoms in total. The molecule has 1 aromatic heterocycles. The second-order valence-corrected chi connectivity index (χ2v) is 5.48. The summed E-state index contributed by atoms with van der Waals surface area (Å²) in [5.41, 5.74) is 2.37. The topological polar surface area (TPSA) is 58.2 Å². The molecule has 0 spiro atoms. The first-order valence-corrected chi connectivity index (χ1v) is 7.29. The molecule has 0 bridgehead atoms. The van der Waals surface area contributed by atoms with Crippen molar-refractivity contribution >= 4 is 5.91 Å². The molecule has 0 radical (unpaired) electrons. The van der Waals surface area contributed by atoms with Crippen LogP contribution in [0.15, 0.2) is 30.5 Å². The number of benzene rings is 1. The Morgan fingerprint density at radius 1 is 1.45 bits per heavy atom. The second-order valence-electron chi connectivity index (χ2n) is 5.48. The number of aryl methyl sites for hydroxylation is 1. The Balaban J connectivity index is 1.65. The zero-order valence-electron chi connectivity index (χ0n) is 12.4. The van der Waals surface area contributed by atoms with E-state index in [-0.39, 0.29) is 17.8 Å². The number of hydrogen-bond donors (Lipinski definition) is 1. The summed E-state index contributed by atoms with van der Waals surface area (Å²) in [6, 6.07) is 6.38. The first-order chi connectivity index (χ1) is 10.6. The van der Waals surface area contributed by atoms with Crippen molar-refractivity contribution in [3.05, 3.63) is 53.1 Å². The lowest BCUT2D eigenvalue weighted by atomic mass is 10.1. The molecule has 1 aliphatic rings. The standard InChI is InChI=1S/C16H18FN3O2/c1-11-15(9-18-19-11)16(21)20-6-7-22-14(10-20)8-12-2-4-13(17)5-3-12/h2-5,9,14H,6-8,10H2,1H3,(H,18,19)/t14-/m1/s1. The highest BCUT2D eigenvalue weighted by molar-refractivity contribution is 5.95. The van der Waals surface area contributed by atoms with Crippen LogP contribution in [0.1, 0.15) is 21.6 Å². The van der Waals surface area contributed by atoms with Gasteiger partial charge in [0.1, 0.15) is 5.82 Å². The van der Waals surface area contributed by atoms with Gasteiger partial charge in [-0.3, -0.25) is 9.89 Å². The highest BCUT2D eigenvalue weighted by Gasteiger charge is 2.26. The van der Waals surface area contributed by atoms with Crippen LogP contribution in [-0.4, -0.2) is 46.8 Å². The number of hydrogen-bond acceptors (Lipinski definition) is 3. The predicted octanol–water partition coefficient (Wildman–Crippen LogP) is 1.94. The van der Waals surface area contributed by atoms with Gasteiger partial charge in [-0.15, -0.1) is 0 Å². The van der Waals surface area contributed by atoms with Crippen molar-refractivity contribution in [2.45, 2.75) is 19.4 Å². The molecule has 2 aromatic rings. The molecule has 116 valence electrons. The molecule has 1 N–H and O–H groups in total. The molecule has 3 rings (SSSR count). The van der Waals surface area contributed by atoms with Crippen LogP contribution >= 0.6 is 0 Å². The Kier molecular flexibility index (Phi) is 4.20. The van der Waals surface area contributed by atoms with Crippen LogP contribution in [0.5, 0.6) is 0 Å². The number of amides is 1. The number of carbonyl (C=O) groups excluding carboxylic acids is 1. The summed E-state index contributed by atoms with van der Waals surface area (Å²) in [4.78, 5) is 14.3. The summed E-state index contributed by atoms with van der Waals surface area (Å²) in [6.07, 6.45) is 2.15. The average molecular weight is 303 g/mol. The van der Waals surface area contributed by atoms with E-state index in [1.165, 1.54) is 12.1 Å². The van der Waals surface area contributed by atoms with E-state index in [9.17, 15) is 9.18 Å². The number of ether oxygens (including phenoxy) is 1. The van der Waals surface area contributed by atoms with E-state index >= 15 is 0 Å². The maximum atomic E-state index is 12.9. The summed E-state index contributed by atoms with van der Waals surface area (Å²) in [5.74, 6) is -0.279. The minimum absolute atomic E-state index is 0.0290. The van der Waals surface area contributed by atoms with E-state index in [0.717, 1.165) is 11.3 Å². The van der Waals surface area contributed by atoms with Gasteiger partial charge in [-0.25, -0.2) is 4.39 Å². The zero-order chi connectivity index (χ0) is 15.5. The van der Waals surface area contributed by atoms with Crippen molar-refractivity contribution in [1.82, 2.24) is 15.1 Å². The summed E-state index contributed by atoms with van der Waals surface area (Å²) < 4.78 is 18.7. The molecule has 0 unspecified atom stereocenters. The second kappa shape index (κ2) is 6.27. The van der Waals surface area contributed by atoms with E-state index in [2.05, 4.69) is 10.2 Å². The zero-order valence-corrected chi connectivity index (χ0v) is 12.4. The van der Waals surface area contributed by atoms with Gasteiger partial charge in [-0.05, 0) is 24.6 Å². The number of H-pyrrole nitrogens is 1. The fourth-order valence-electron chi connectivity index (χ4n) is 2.65. The first-order valence-electron chi connectivity index (χ1n) is 7.29. The molecule has 1 aromatic carbocycles. The molecule has 1 amide bonds. The third-order valence-electron chi connectivity index (χ3n) is 3.86. The van der Waals surface area contributed by atoms with Gasteiger partial charge in [0.15, 0.2) is 0 Å². The number of nitrogens with zero attached hydrogens (tertiary/aromatic N) is 2. The third-order valence-corrected chi connectivity index (χ3v) is 3.86. The highest BCUT2D eigenvalue weighted by Crippen LogP contribution is 2.15. The normalized spacial score (nSPS) is 18.5. The van der Waals surface area contributed by atoms with Crippen LogP contribution in [0, 0.1) is 12.7 Å². The highest BCUT2D eigenvalue weighted by atomic mass is 19.1. The van der Waals surface area contributed by atoms with Gasteiger partial charge in [0.25, 0.3) is 5.91 Å². The predicted molar refractivity (Wildman–Crippen MR) is 79.1 cm³/mol. The first kappa shape index (κ1) is 14.7. The number of rotatable bonds is 3. The van der Waals surface area contributed by atoms with Crippen LogP contribution < -0.4 is 0 Å². The van der Waals surface area contributed by atoms with E-state index in [0.29, 0.717) is 31.7 Å². The molecule has 1 fully saturated rings. The SMILES string of the molecule is Cc1[nH]ncc1C(=O)N1CCO[C@H](Cc2ccc(F)cc2)C1. The fourth-order valence-corrected chi connectivity index (χ4v) is 2.65. The average Bonchev–Trinajstić information content (AvgIpc) is 2.95. The van der Waals surface area contributed by atoms with Gasteiger partial charge in [-0.2, -0.15) is 5.10 Å². The van der Waals surface area contributed by atoms with Gasteiger partial charge < -0.3 is 9.64 Å². The quantitative estimate of drug-likeness (QED) is 0.943. The molecular formula is C16H18FN3O2. The van der Waals surface area contributed by atoms with Crippen LogP contribution in [0.2, 0.25) is 0 Å². The van der Waals surface area contributed by atoms with Crippen molar-refractivity contribution in [2.24, 2.45) is 0 Å². The van der Waals surface area contributed by atoms with Gasteiger partial charge >= 0.3 is 0 Å². The largest absolute Gasteiger partial charge is 0.374 e. The Morgan fingerprint density at radius 2 is 2.23 bits per heavy atom. The maximum Gasteiger partial charge on any atom is 0.257 e. The molecule has 1 atom stereocenters. The number of carbonyl (C=O) groups is 1. The lowest BCUT2D eigenvalue weighted by molar-refractivity contribution is -0.0208. The number of aromatic amines is 1. The van der Waals surface area contributed by atoms with Gasteiger partial charge in [-0.1, -0.05) is 12.1 Å². The minimum atomic E-state index is -0.249. The monoisotopic (exact) mass is 303 g/mol. The van der Waals surface area contributed by atoms with Gasteiger partial charge in [0, 0.05) is 25.2 Å². The maximum absolute atomic E-state index is 12.9. The third kappa shape index (κ3) is 3.17.